The molecule has 1 aromatic carbocycles. The number of hydrogen-bond acceptors (Lipinski definition) is 2. The van der Waals surface area contributed by atoms with E-state index in [2.05, 4.69) is 10.2 Å². The Kier molecular flexibility index (Phi) is 4.03. The number of piperidine rings is 2. The Morgan fingerprint density at radius 1 is 1.19 bits per heavy atom. The molecule has 1 amide bonds. The summed E-state index contributed by atoms with van der Waals surface area (Å²) in [5, 5.41) is 3.53. The summed E-state index contributed by atoms with van der Waals surface area (Å²) in [6, 6.07) is 6.12. The van der Waals surface area contributed by atoms with Crippen molar-refractivity contribution in [1.82, 2.24) is 10.2 Å². The normalized spacial score (nSPS) is 26.1. The van der Waals surface area contributed by atoms with Gasteiger partial charge in [0, 0.05) is 30.6 Å². The Morgan fingerprint density at radius 2 is 1.90 bits per heavy atom. The lowest BCUT2D eigenvalue weighted by atomic mass is 9.74. The van der Waals surface area contributed by atoms with Crippen LogP contribution in [0.3, 0.4) is 0 Å². The van der Waals surface area contributed by atoms with Crippen molar-refractivity contribution < 1.29 is 4.79 Å². The van der Waals surface area contributed by atoms with E-state index in [0.717, 1.165) is 49.3 Å². The van der Waals surface area contributed by atoms with Gasteiger partial charge in [0.15, 0.2) is 0 Å². The first kappa shape index (κ1) is 14.6. The van der Waals surface area contributed by atoms with Crippen molar-refractivity contribution in [1.29, 1.82) is 0 Å². The Hall–Kier alpha value is -1.35. The van der Waals surface area contributed by atoms with Crippen LogP contribution in [-0.2, 0) is 0 Å². The number of carbonyl (C=O) groups is 1. The van der Waals surface area contributed by atoms with Crippen LogP contribution in [0.15, 0.2) is 18.2 Å². The third kappa shape index (κ3) is 2.84. The molecule has 1 spiro atoms. The number of hydrogen-bond donors (Lipinski definition) is 1. The topological polar surface area (TPSA) is 32.3 Å². The molecule has 0 bridgehead atoms. The second kappa shape index (κ2) is 5.80. The van der Waals surface area contributed by atoms with Crippen LogP contribution in [0.5, 0.6) is 0 Å². The second-order valence-corrected chi connectivity index (χ2v) is 6.88. The van der Waals surface area contributed by atoms with E-state index in [4.69, 9.17) is 0 Å². The van der Waals surface area contributed by atoms with Gasteiger partial charge in [0.05, 0.1) is 0 Å². The van der Waals surface area contributed by atoms with E-state index in [0.29, 0.717) is 5.41 Å². The zero-order chi connectivity index (χ0) is 14.9. The molecule has 1 aromatic rings. The van der Waals surface area contributed by atoms with Crippen molar-refractivity contribution in [3.05, 3.63) is 34.9 Å². The molecule has 2 fully saturated rings. The van der Waals surface area contributed by atoms with Crippen LogP contribution < -0.4 is 5.32 Å². The van der Waals surface area contributed by atoms with E-state index in [1.165, 1.54) is 19.3 Å². The molecule has 3 heteroatoms. The van der Waals surface area contributed by atoms with Crippen LogP contribution >= 0.6 is 0 Å². The lowest BCUT2D eigenvalue weighted by Gasteiger charge is -2.45. The zero-order valence-electron chi connectivity index (χ0n) is 13.2. The first-order valence-electron chi connectivity index (χ1n) is 8.18. The molecule has 1 atom stereocenters. The Labute approximate surface area is 127 Å². The van der Waals surface area contributed by atoms with Gasteiger partial charge in [0.25, 0.3) is 5.91 Å². The minimum absolute atomic E-state index is 0.232. The molecule has 21 heavy (non-hydrogen) atoms. The lowest BCUT2D eigenvalue weighted by Crippen LogP contribution is -2.52. The van der Waals surface area contributed by atoms with Crippen LogP contribution in [0.4, 0.5) is 0 Å². The molecule has 3 nitrogen and oxygen atoms in total. The van der Waals surface area contributed by atoms with E-state index >= 15 is 0 Å². The van der Waals surface area contributed by atoms with Gasteiger partial charge < -0.3 is 10.2 Å². The molecular formula is C18H26N2O. The highest BCUT2D eigenvalue weighted by Gasteiger charge is 2.38. The summed E-state index contributed by atoms with van der Waals surface area (Å²) in [7, 11) is 0. The molecule has 1 unspecified atom stereocenters. The fourth-order valence-electron chi connectivity index (χ4n) is 4.07. The minimum Gasteiger partial charge on any atom is -0.338 e. The Morgan fingerprint density at radius 3 is 2.57 bits per heavy atom. The highest BCUT2D eigenvalue weighted by atomic mass is 16.2. The predicted octanol–water partition coefficient (Wildman–Crippen LogP) is 2.91. The van der Waals surface area contributed by atoms with Gasteiger partial charge in [-0.1, -0.05) is 18.2 Å². The summed E-state index contributed by atoms with van der Waals surface area (Å²) in [5.41, 5.74) is 3.43. The fourth-order valence-corrected chi connectivity index (χ4v) is 4.07. The van der Waals surface area contributed by atoms with Gasteiger partial charge in [0.1, 0.15) is 0 Å². The second-order valence-electron chi connectivity index (χ2n) is 6.88. The van der Waals surface area contributed by atoms with E-state index in [-0.39, 0.29) is 5.91 Å². The monoisotopic (exact) mass is 286 g/mol. The van der Waals surface area contributed by atoms with Crippen LogP contribution in [0, 0.1) is 19.3 Å². The van der Waals surface area contributed by atoms with Crippen molar-refractivity contribution >= 4 is 5.91 Å². The number of aryl methyl sites for hydroxylation is 2. The fraction of sp³-hybridized carbons (Fsp3) is 0.611. The molecule has 2 aliphatic rings. The molecule has 2 saturated heterocycles. The summed E-state index contributed by atoms with van der Waals surface area (Å²) in [6.07, 6.45) is 4.90. The molecule has 114 valence electrons. The third-order valence-corrected chi connectivity index (χ3v) is 5.20. The summed E-state index contributed by atoms with van der Waals surface area (Å²) < 4.78 is 0. The number of carbonyl (C=O) groups excluding carboxylic acids is 1. The number of likely N-dealkylation sites (tertiary alicyclic amines) is 1. The maximum atomic E-state index is 13.0. The van der Waals surface area contributed by atoms with Gasteiger partial charge in [0.2, 0.25) is 0 Å². The van der Waals surface area contributed by atoms with Crippen LogP contribution in [-0.4, -0.2) is 37.0 Å². The number of rotatable bonds is 1. The van der Waals surface area contributed by atoms with Crippen LogP contribution in [0.2, 0.25) is 0 Å². The summed E-state index contributed by atoms with van der Waals surface area (Å²) in [6.45, 7) is 8.13. The summed E-state index contributed by atoms with van der Waals surface area (Å²) in [5.74, 6) is 0.232. The third-order valence-electron chi connectivity index (χ3n) is 5.20. The SMILES string of the molecule is Cc1cccc(C)c1C(=O)N1CCCC2(CCCNC2)C1. The molecule has 2 aliphatic heterocycles. The van der Waals surface area contributed by atoms with Crippen molar-refractivity contribution in [2.75, 3.05) is 26.2 Å². The number of nitrogens with zero attached hydrogens (tertiary/aromatic N) is 1. The molecule has 3 rings (SSSR count). The number of nitrogens with one attached hydrogen (secondary N) is 1. The maximum absolute atomic E-state index is 13.0. The standard InChI is InChI=1S/C18H26N2O/c1-14-6-3-7-15(2)16(14)17(21)20-11-5-9-18(13-20)8-4-10-19-12-18/h3,6-7,19H,4-5,8-13H2,1-2H3. The average molecular weight is 286 g/mol. The quantitative estimate of drug-likeness (QED) is 0.861. The lowest BCUT2D eigenvalue weighted by molar-refractivity contribution is 0.0433. The van der Waals surface area contributed by atoms with E-state index in [1.54, 1.807) is 0 Å². The molecular weight excluding hydrogens is 260 g/mol. The van der Waals surface area contributed by atoms with Gasteiger partial charge in [-0.25, -0.2) is 0 Å². The largest absolute Gasteiger partial charge is 0.338 e. The van der Waals surface area contributed by atoms with Crippen molar-refractivity contribution in [2.24, 2.45) is 5.41 Å². The van der Waals surface area contributed by atoms with Gasteiger partial charge >= 0.3 is 0 Å². The Bertz CT molecular complexity index is 506. The predicted molar refractivity (Wildman–Crippen MR) is 85.6 cm³/mol. The van der Waals surface area contributed by atoms with Gasteiger partial charge in [-0.2, -0.15) is 0 Å². The highest BCUT2D eigenvalue weighted by Crippen LogP contribution is 2.36. The van der Waals surface area contributed by atoms with Crippen LogP contribution in [0.1, 0.15) is 47.2 Å². The Balaban J connectivity index is 1.81. The molecule has 0 saturated carbocycles. The molecule has 0 radical (unpaired) electrons. The van der Waals surface area contributed by atoms with Gasteiger partial charge in [-0.15, -0.1) is 0 Å². The maximum Gasteiger partial charge on any atom is 0.254 e. The number of benzene rings is 1. The summed E-state index contributed by atoms with van der Waals surface area (Å²) >= 11 is 0. The first-order chi connectivity index (χ1) is 10.1. The number of amides is 1. The molecule has 1 N–H and O–H groups in total. The highest BCUT2D eigenvalue weighted by molar-refractivity contribution is 5.97. The minimum atomic E-state index is 0.232. The van der Waals surface area contributed by atoms with E-state index < -0.39 is 0 Å². The van der Waals surface area contributed by atoms with Crippen LogP contribution in [0.25, 0.3) is 0 Å². The smallest absolute Gasteiger partial charge is 0.254 e. The molecule has 2 heterocycles. The van der Waals surface area contributed by atoms with Crippen molar-refractivity contribution in [3.63, 3.8) is 0 Å². The molecule has 0 aliphatic carbocycles. The van der Waals surface area contributed by atoms with Gasteiger partial charge in [-0.3, -0.25) is 4.79 Å². The van der Waals surface area contributed by atoms with Crippen molar-refractivity contribution in [3.8, 4) is 0 Å². The first-order valence-corrected chi connectivity index (χ1v) is 8.18. The molecule has 0 aromatic heterocycles. The van der Waals surface area contributed by atoms with Crippen molar-refractivity contribution in [2.45, 2.75) is 39.5 Å². The average Bonchev–Trinajstić information content (AvgIpc) is 2.48. The summed E-state index contributed by atoms with van der Waals surface area (Å²) in [4.78, 5) is 15.1. The van der Waals surface area contributed by atoms with E-state index in [9.17, 15) is 4.79 Å². The van der Waals surface area contributed by atoms with Gasteiger partial charge in [-0.05, 0) is 57.2 Å². The van der Waals surface area contributed by atoms with E-state index in [1.807, 2.05) is 32.0 Å². The zero-order valence-corrected chi connectivity index (χ0v) is 13.2.